The molecule has 2 heteroatoms. The molecule has 1 rings (SSSR count). The van der Waals surface area contributed by atoms with Gasteiger partial charge in [0.1, 0.15) is 0 Å². The minimum absolute atomic E-state index is 0.962. The van der Waals surface area contributed by atoms with Gasteiger partial charge in [-0.2, -0.15) is 0 Å². The fourth-order valence-electron chi connectivity index (χ4n) is 0.767. The van der Waals surface area contributed by atoms with E-state index in [1.807, 2.05) is 18.7 Å². The summed E-state index contributed by atoms with van der Waals surface area (Å²) in [5.41, 5.74) is 0. The zero-order chi connectivity index (χ0) is 6.53. The Bertz CT molecular complexity index is 128. The summed E-state index contributed by atoms with van der Waals surface area (Å²) in [6, 6.07) is 0. The van der Waals surface area contributed by atoms with Gasteiger partial charge in [-0.1, -0.05) is 5.92 Å². The molecular formula is C7H11NS. The van der Waals surface area contributed by atoms with Crippen LogP contribution in [0.5, 0.6) is 0 Å². The molecule has 0 spiro atoms. The lowest BCUT2D eigenvalue weighted by Gasteiger charge is -2.06. The molecule has 1 aliphatic rings. The summed E-state index contributed by atoms with van der Waals surface area (Å²) in [5.74, 6) is 8.40. The molecule has 1 saturated heterocycles. The molecule has 0 amide bonds. The van der Waals surface area contributed by atoms with Crippen LogP contribution in [0.4, 0.5) is 0 Å². The van der Waals surface area contributed by atoms with Crippen LogP contribution in [0.15, 0.2) is 0 Å². The fourth-order valence-corrected chi connectivity index (χ4v) is 1.76. The third-order valence-electron chi connectivity index (χ3n) is 1.31. The molecule has 0 aromatic heterocycles. The third-order valence-corrected chi connectivity index (χ3v) is 2.32. The Morgan fingerprint density at radius 3 is 3.11 bits per heavy atom. The number of nitrogens with zero attached hydrogens (tertiary/aromatic N) is 1. The van der Waals surface area contributed by atoms with Gasteiger partial charge in [-0.3, -0.25) is 4.90 Å². The average Bonchev–Trinajstić information content (AvgIpc) is 2.34. The average molecular weight is 141 g/mol. The Balaban J connectivity index is 2.16. The van der Waals surface area contributed by atoms with E-state index in [-0.39, 0.29) is 0 Å². The highest BCUT2D eigenvalue weighted by molar-refractivity contribution is 7.99. The summed E-state index contributed by atoms with van der Waals surface area (Å²) in [7, 11) is 0. The van der Waals surface area contributed by atoms with Gasteiger partial charge in [0, 0.05) is 18.2 Å². The second-order valence-electron chi connectivity index (χ2n) is 2.02. The normalized spacial score (nSPS) is 19.2. The standard InChI is InChI=1S/C7H11NS/c1-2-3-4-8-5-6-9-7-8/h4-7H2,1H3. The Kier molecular flexibility index (Phi) is 2.96. The summed E-state index contributed by atoms with van der Waals surface area (Å²) in [5, 5.41) is 0. The molecular weight excluding hydrogens is 130 g/mol. The molecule has 9 heavy (non-hydrogen) atoms. The molecule has 50 valence electrons. The third kappa shape index (κ3) is 2.30. The van der Waals surface area contributed by atoms with Crippen molar-refractivity contribution in [1.82, 2.24) is 4.90 Å². The monoisotopic (exact) mass is 141 g/mol. The molecule has 1 aliphatic heterocycles. The van der Waals surface area contributed by atoms with Crippen LogP contribution in [0.25, 0.3) is 0 Å². The molecule has 0 saturated carbocycles. The Morgan fingerprint density at radius 1 is 1.67 bits per heavy atom. The van der Waals surface area contributed by atoms with Gasteiger partial charge in [0.05, 0.1) is 6.54 Å². The first kappa shape index (κ1) is 6.98. The van der Waals surface area contributed by atoms with Gasteiger partial charge in [-0.15, -0.1) is 17.7 Å². The lowest BCUT2D eigenvalue weighted by Crippen LogP contribution is -2.19. The Labute approximate surface area is 60.8 Å². The van der Waals surface area contributed by atoms with E-state index in [2.05, 4.69) is 16.7 Å². The first-order valence-electron chi connectivity index (χ1n) is 3.13. The zero-order valence-corrected chi connectivity index (χ0v) is 6.50. The van der Waals surface area contributed by atoms with E-state index in [4.69, 9.17) is 0 Å². The molecule has 0 radical (unpaired) electrons. The van der Waals surface area contributed by atoms with Crippen molar-refractivity contribution in [1.29, 1.82) is 0 Å². The fraction of sp³-hybridized carbons (Fsp3) is 0.714. The lowest BCUT2D eigenvalue weighted by molar-refractivity contribution is 0.402. The van der Waals surface area contributed by atoms with Crippen molar-refractivity contribution in [2.24, 2.45) is 0 Å². The van der Waals surface area contributed by atoms with Crippen LogP contribution in [0.2, 0.25) is 0 Å². The van der Waals surface area contributed by atoms with Gasteiger partial charge in [0.2, 0.25) is 0 Å². The van der Waals surface area contributed by atoms with Crippen LogP contribution in [-0.4, -0.2) is 29.6 Å². The van der Waals surface area contributed by atoms with E-state index in [1.54, 1.807) is 0 Å². The summed E-state index contributed by atoms with van der Waals surface area (Å²) in [4.78, 5) is 2.36. The minimum atomic E-state index is 0.962. The predicted molar refractivity (Wildman–Crippen MR) is 42.3 cm³/mol. The smallest absolute Gasteiger partial charge is 0.0608 e. The quantitative estimate of drug-likeness (QED) is 0.501. The first-order chi connectivity index (χ1) is 4.43. The molecule has 0 aromatic rings. The van der Waals surface area contributed by atoms with Crippen LogP contribution < -0.4 is 0 Å². The van der Waals surface area contributed by atoms with Crippen LogP contribution in [-0.2, 0) is 0 Å². The van der Waals surface area contributed by atoms with Gasteiger partial charge < -0.3 is 0 Å². The summed E-state index contributed by atoms with van der Waals surface area (Å²) in [6.07, 6.45) is 0. The predicted octanol–water partition coefficient (Wildman–Crippen LogP) is 1.02. The molecule has 0 bridgehead atoms. The van der Waals surface area contributed by atoms with Crippen molar-refractivity contribution in [3.05, 3.63) is 0 Å². The number of hydrogen-bond acceptors (Lipinski definition) is 2. The van der Waals surface area contributed by atoms with Gasteiger partial charge in [0.15, 0.2) is 0 Å². The van der Waals surface area contributed by atoms with Crippen LogP contribution >= 0.6 is 11.8 Å². The SMILES string of the molecule is CC#CCN1CCSC1. The van der Waals surface area contributed by atoms with E-state index >= 15 is 0 Å². The maximum atomic E-state index is 3.05. The van der Waals surface area contributed by atoms with E-state index in [0.29, 0.717) is 0 Å². The van der Waals surface area contributed by atoms with Gasteiger partial charge in [0.25, 0.3) is 0 Å². The lowest BCUT2D eigenvalue weighted by atomic mass is 10.5. The number of hydrogen-bond donors (Lipinski definition) is 0. The molecule has 1 nitrogen and oxygen atoms in total. The molecule has 0 N–H and O–H groups in total. The molecule has 0 unspecified atom stereocenters. The van der Waals surface area contributed by atoms with Crippen molar-refractivity contribution in [3.63, 3.8) is 0 Å². The van der Waals surface area contributed by atoms with Crippen LogP contribution in [0.1, 0.15) is 6.92 Å². The minimum Gasteiger partial charge on any atom is -0.282 e. The van der Waals surface area contributed by atoms with E-state index in [0.717, 1.165) is 6.54 Å². The molecule has 1 heterocycles. The van der Waals surface area contributed by atoms with Crippen LogP contribution in [0.3, 0.4) is 0 Å². The van der Waals surface area contributed by atoms with Crippen molar-refractivity contribution < 1.29 is 0 Å². The van der Waals surface area contributed by atoms with E-state index < -0.39 is 0 Å². The first-order valence-corrected chi connectivity index (χ1v) is 4.28. The molecule has 0 aromatic carbocycles. The second kappa shape index (κ2) is 3.81. The highest BCUT2D eigenvalue weighted by Gasteiger charge is 2.08. The van der Waals surface area contributed by atoms with Crippen LogP contribution in [0, 0.1) is 11.8 Å². The Hall–Kier alpha value is -0.130. The second-order valence-corrected chi connectivity index (χ2v) is 3.09. The van der Waals surface area contributed by atoms with Crippen molar-refractivity contribution in [2.45, 2.75) is 6.92 Å². The summed E-state index contributed by atoms with van der Waals surface area (Å²) >= 11 is 1.99. The maximum Gasteiger partial charge on any atom is 0.0608 e. The maximum absolute atomic E-state index is 3.05. The topological polar surface area (TPSA) is 3.24 Å². The van der Waals surface area contributed by atoms with Crippen molar-refractivity contribution in [2.75, 3.05) is 24.7 Å². The van der Waals surface area contributed by atoms with Gasteiger partial charge in [-0.25, -0.2) is 0 Å². The molecule has 0 atom stereocenters. The number of rotatable bonds is 1. The molecule has 1 fully saturated rings. The highest BCUT2D eigenvalue weighted by atomic mass is 32.2. The summed E-state index contributed by atoms with van der Waals surface area (Å²) < 4.78 is 0. The molecule has 0 aliphatic carbocycles. The zero-order valence-electron chi connectivity index (χ0n) is 5.68. The highest BCUT2D eigenvalue weighted by Crippen LogP contribution is 2.11. The van der Waals surface area contributed by atoms with E-state index in [9.17, 15) is 0 Å². The van der Waals surface area contributed by atoms with Crippen molar-refractivity contribution in [3.8, 4) is 11.8 Å². The van der Waals surface area contributed by atoms with Gasteiger partial charge >= 0.3 is 0 Å². The van der Waals surface area contributed by atoms with Gasteiger partial charge in [-0.05, 0) is 6.92 Å². The van der Waals surface area contributed by atoms with E-state index in [1.165, 1.54) is 18.2 Å². The Morgan fingerprint density at radius 2 is 2.56 bits per heavy atom. The van der Waals surface area contributed by atoms with Crippen molar-refractivity contribution >= 4 is 11.8 Å². The summed E-state index contributed by atoms with van der Waals surface area (Å²) in [6.45, 7) is 4.08. The number of thioether (sulfide) groups is 1. The largest absolute Gasteiger partial charge is 0.282 e.